The number of benzene rings is 2. The number of H-pyrrole nitrogens is 1. The lowest BCUT2D eigenvalue weighted by Gasteiger charge is -2.04. The number of imidazole rings is 1. The van der Waals surface area contributed by atoms with Crippen LogP contribution in [0.15, 0.2) is 42.5 Å². The third-order valence-electron chi connectivity index (χ3n) is 3.25. The number of rotatable bonds is 4. The Kier molecular flexibility index (Phi) is 3.94. The molecule has 0 saturated carbocycles. The van der Waals surface area contributed by atoms with Gasteiger partial charge in [-0.15, -0.1) is 0 Å². The van der Waals surface area contributed by atoms with Crippen LogP contribution in [0.3, 0.4) is 0 Å². The average molecular weight is 331 g/mol. The number of nitrogens with one attached hydrogen (secondary N) is 2. The summed E-state index contributed by atoms with van der Waals surface area (Å²) in [6.45, 7) is 0.122. The van der Waals surface area contributed by atoms with Gasteiger partial charge in [0.15, 0.2) is 0 Å². The van der Waals surface area contributed by atoms with Crippen LogP contribution in [0, 0.1) is 10.1 Å². The molecule has 0 spiro atoms. The van der Waals surface area contributed by atoms with Crippen LogP contribution >= 0.6 is 11.6 Å². The van der Waals surface area contributed by atoms with Gasteiger partial charge in [0.25, 0.3) is 11.6 Å². The topological polar surface area (TPSA) is 101 Å². The summed E-state index contributed by atoms with van der Waals surface area (Å²) in [6, 6.07) is 11.3. The molecule has 0 aliphatic carbocycles. The Morgan fingerprint density at radius 2 is 2.09 bits per heavy atom. The molecular weight excluding hydrogens is 320 g/mol. The monoisotopic (exact) mass is 330 g/mol. The Balaban J connectivity index is 1.79. The normalized spacial score (nSPS) is 10.7. The Hall–Kier alpha value is -2.93. The molecule has 0 aliphatic rings. The highest BCUT2D eigenvalue weighted by Gasteiger charge is 2.20. The van der Waals surface area contributed by atoms with Gasteiger partial charge in [-0.25, -0.2) is 4.98 Å². The number of amides is 1. The Labute approximate surface area is 135 Å². The van der Waals surface area contributed by atoms with E-state index in [0.29, 0.717) is 5.82 Å². The summed E-state index contributed by atoms with van der Waals surface area (Å²) in [6.07, 6.45) is 0. The maximum atomic E-state index is 12.2. The van der Waals surface area contributed by atoms with Crippen molar-refractivity contribution in [2.24, 2.45) is 0 Å². The second-order valence-electron chi connectivity index (χ2n) is 4.80. The summed E-state index contributed by atoms with van der Waals surface area (Å²) in [5, 5.41) is 13.9. The summed E-state index contributed by atoms with van der Waals surface area (Å²) >= 11 is 5.82. The van der Waals surface area contributed by atoms with Crippen molar-refractivity contribution in [1.29, 1.82) is 0 Å². The molecular formula is C15H11ClN4O3. The zero-order valence-corrected chi connectivity index (χ0v) is 12.5. The van der Waals surface area contributed by atoms with E-state index < -0.39 is 10.8 Å². The predicted octanol–water partition coefficient (Wildman–Crippen LogP) is 3.05. The second-order valence-corrected chi connectivity index (χ2v) is 5.24. The molecule has 0 atom stereocenters. The molecule has 2 N–H and O–H groups in total. The molecule has 8 heteroatoms. The Bertz CT molecular complexity index is 874. The second kappa shape index (κ2) is 6.05. The number of hydrogen-bond donors (Lipinski definition) is 2. The number of aromatic nitrogens is 2. The summed E-state index contributed by atoms with van der Waals surface area (Å²) in [5.74, 6) is -0.0242. The van der Waals surface area contributed by atoms with Crippen LogP contribution in [-0.2, 0) is 6.54 Å². The molecule has 0 aliphatic heterocycles. The molecule has 1 aromatic heterocycles. The third-order valence-corrected chi connectivity index (χ3v) is 3.49. The molecule has 0 fully saturated rings. The molecule has 2 aromatic carbocycles. The first-order valence-corrected chi connectivity index (χ1v) is 7.08. The van der Waals surface area contributed by atoms with Crippen molar-refractivity contribution in [2.45, 2.75) is 6.54 Å². The number of carbonyl (C=O) groups is 1. The van der Waals surface area contributed by atoms with E-state index in [1.54, 1.807) is 0 Å². The van der Waals surface area contributed by atoms with Gasteiger partial charge in [0.1, 0.15) is 11.4 Å². The summed E-state index contributed by atoms with van der Waals surface area (Å²) < 4.78 is 0. The number of halogens is 1. The van der Waals surface area contributed by atoms with E-state index in [2.05, 4.69) is 15.3 Å². The van der Waals surface area contributed by atoms with Crippen LogP contribution in [0.5, 0.6) is 0 Å². The van der Waals surface area contributed by atoms with Crippen molar-refractivity contribution in [3.8, 4) is 0 Å². The van der Waals surface area contributed by atoms with Crippen molar-refractivity contribution >= 4 is 34.2 Å². The van der Waals surface area contributed by atoms with Gasteiger partial charge in [0, 0.05) is 11.1 Å². The number of para-hydroxylation sites is 2. The fourth-order valence-electron chi connectivity index (χ4n) is 2.20. The highest BCUT2D eigenvalue weighted by Crippen LogP contribution is 2.22. The molecule has 116 valence electrons. The van der Waals surface area contributed by atoms with E-state index in [9.17, 15) is 14.9 Å². The van der Waals surface area contributed by atoms with Gasteiger partial charge >= 0.3 is 0 Å². The molecule has 0 unspecified atom stereocenters. The largest absolute Gasteiger partial charge is 0.345 e. The minimum atomic E-state index is -0.619. The van der Waals surface area contributed by atoms with E-state index in [-0.39, 0.29) is 22.8 Å². The Morgan fingerprint density at radius 1 is 1.30 bits per heavy atom. The fourth-order valence-corrected chi connectivity index (χ4v) is 2.37. The summed E-state index contributed by atoms with van der Waals surface area (Å²) in [4.78, 5) is 30.0. The lowest BCUT2D eigenvalue weighted by molar-refractivity contribution is -0.385. The molecule has 1 heterocycles. The van der Waals surface area contributed by atoms with Crippen molar-refractivity contribution in [2.75, 3.05) is 0 Å². The summed E-state index contributed by atoms with van der Waals surface area (Å²) in [5.41, 5.74) is 1.26. The van der Waals surface area contributed by atoms with Crippen molar-refractivity contribution in [3.05, 3.63) is 69.0 Å². The minimum Gasteiger partial charge on any atom is -0.345 e. The van der Waals surface area contributed by atoms with Gasteiger partial charge in [-0.2, -0.15) is 0 Å². The van der Waals surface area contributed by atoms with Gasteiger partial charge in [-0.1, -0.05) is 23.7 Å². The zero-order chi connectivity index (χ0) is 16.4. The zero-order valence-electron chi connectivity index (χ0n) is 11.7. The quantitative estimate of drug-likeness (QED) is 0.567. The van der Waals surface area contributed by atoms with Gasteiger partial charge in [-0.3, -0.25) is 14.9 Å². The molecule has 0 saturated heterocycles. The lowest BCUT2D eigenvalue weighted by Crippen LogP contribution is -2.24. The van der Waals surface area contributed by atoms with Gasteiger partial charge in [0.2, 0.25) is 0 Å². The standard InChI is InChI=1S/C15H11ClN4O3/c16-9-5-6-13(20(22)23)10(7-9)15(21)17-8-14-18-11-3-1-2-4-12(11)19-14/h1-7H,8H2,(H,17,21)(H,18,19). The van der Waals surface area contributed by atoms with Crippen molar-refractivity contribution in [1.82, 2.24) is 15.3 Å². The number of aromatic amines is 1. The Morgan fingerprint density at radius 3 is 2.83 bits per heavy atom. The number of nitrogens with zero attached hydrogens (tertiary/aromatic N) is 2. The molecule has 3 rings (SSSR count). The minimum absolute atomic E-state index is 0.0846. The van der Waals surface area contributed by atoms with Gasteiger partial charge < -0.3 is 10.3 Å². The first-order chi connectivity index (χ1) is 11.0. The number of carbonyl (C=O) groups excluding carboxylic acids is 1. The number of nitro groups is 1. The molecule has 0 radical (unpaired) electrons. The smallest absolute Gasteiger partial charge is 0.282 e. The van der Waals surface area contributed by atoms with Crippen LogP contribution in [0.2, 0.25) is 5.02 Å². The first-order valence-electron chi connectivity index (χ1n) is 6.70. The van der Waals surface area contributed by atoms with Crippen LogP contribution < -0.4 is 5.32 Å². The predicted molar refractivity (Wildman–Crippen MR) is 85.4 cm³/mol. The van der Waals surface area contributed by atoms with E-state index in [1.807, 2.05) is 24.3 Å². The molecule has 3 aromatic rings. The van der Waals surface area contributed by atoms with E-state index >= 15 is 0 Å². The van der Waals surface area contributed by atoms with E-state index in [0.717, 1.165) is 11.0 Å². The van der Waals surface area contributed by atoms with E-state index in [4.69, 9.17) is 11.6 Å². The van der Waals surface area contributed by atoms with Crippen LogP contribution in [0.4, 0.5) is 5.69 Å². The highest BCUT2D eigenvalue weighted by molar-refractivity contribution is 6.31. The highest BCUT2D eigenvalue weighted by atomic mass is 35.5. The number of nitro benzene ring substituents is 1. The summed E-state index contributed by atoms with van der Waals surface area (Å²) in [7, 11) is 0. The number of hydrogen-bond acceptors (Lipinski definition) is 4. The maximum Gasteiger partial charge on any atom is 0.282 e. The number of fused-ring (bicyclic) bond motifs is 1. The fraction of sp³-hybridized carbons (Fsp3) is 0.0667. The van der Waals surface area contributed by atoms with Gasteiger partial charge in [-0.05, 0) is 24.3 Å². The van der Waals surface area contributed by atoms with Crippen LogP contribution in [0.1, 0.15) is 16.2 Å². The SMILES string of the molecule is O=C(NCc1nc2ccccc2[nH]1)c1cc(Cl)ccc1[N+](=O)[O-]. The van der Waals surface area contributed by atoms with Crippen LogP contribution in [0.25, 0.3) is 11.0 Å². The molecule has 0 bridgehead atoms. The molecule has 7 nitrogen and oxygen atoms in total. The van der Waals surface area contributed by atoms with Crippen molar-refractivity contribution in [3.63, 3.8) is 0 Å². The molecule has 23 heavy (non-hydrogen) atoms. The van der Waals surface area contributed by atoms with Crippen LogP contribution in [-0.4, -0.2) is 20.8 Å². The first kappa shape index (κ1) is 15.0. The average Bonchev–Trinajstić information content (AvgIpc) is 2.95. The lowest BCUT2D eigenvalue weighted by atomic mass is 10.1. The van der Waals surface area contributed by atoms with Gasteiger partial charge in [0.05, 0.1) is 22.5 Å². The third kappa shape index (κ3) is 3.14. The van der Waals surface area contributed by atoms with E-state index in [1.165, 1.54) is 18.2 Å². The maximum absolute atomic E-state index is 12.2. The molecule has 1 amide bonds. The van der Waals surface area contributed by atoms with Crippen molar-refractivity contribution < 1.29 is 9.72 Å².